The van der Waals surface area contributed by atoms with E-state index in [4.69, 9.17) is 14.2 Å². The lowest BCUT2D eigenvalue weighted by atomic mass is 10.3. The smallest absolute Gasteiger partial charge is 0.119 e. The Bertz CT molecular complexity index is 314. The van der Waals surface area contributed by atoms with Gasteiger partial charge in [0.1, 0.15) is 11.5 Å². The van der Waals surface area contributed by atoms with Gasteiger partial charge in [-0.2, -0.15) is 0 Å². The maximum absolute atomic E-state index is 5.65. The molecule has 0 aliphatic rings. The molecule has 1 aromatic carbocycles. The summed E-state index contributed by atoms with van der Waals surface area (Å²) in [6.45, 7) is 6.15. The maximum atomic E-state index is 5.65. The van der Waals surface area contributed by atoms with Crippen LogP contribution in [0.3, 0.4) is 0 Å². The average molecular weight is 267 g/mol. The summed E-state index contributed by atoms with van der Waals surface area (Å²) < 4.78 is 16.1. The molecule has 19 heavy (non-hydrogen) atoms. The summed E-state index contributed by atoms with van der Waals surface area (Å²) in [5.74, 6) is 1.79. The van der Waals surface area contributed by atoms with Crippen LogP contribution < -0.4 is 14.8 Å². The molecule has 108 valence electrons. The minimum absolute atomic E-state index is 0.717. The van der Waals surface area contributed by atoms with Crippen molar-refractivity contribution in [1.29, 1.82) is 0 Å². The molecule has 0 spiro atoms. The van der Waals surface area contributed by atoms with Crippen molar-refractivity contribution < 1.29 is 14.2 Å². The number of nitrogens with one attached hydrogen (secondary N) is 1. The van der Waals surface area contributed by atoms with Crippen molar-refractivity contribution >= 4 is 0 Å². The lowest BCUT2D eigenvalue weighted by Crippen LogP contribution is -2.21. The number of hydrogen-bond donors (Lipinski definition) is 1. The zero-order chi connectivity index (χ0) is 13.8. The molecule has 0 aliphatic carbocycles. The lowest BCUT2D eigenvalue weighted by molar-refractivity contribution is 0.198. The van der Waals surface area contributed by atoms with E-state index in [0.717, 1.165) is 57.3 Å². The summed E-state index contributed by atoms with van der Waals surface area (Å²) in [4.78, 5) is 0. The summed E-state index contributed by atoms with van der Waals surface area (Å²) in [5, 5.41) is 3.28. The fourth-order valence-electron chi connectivity index (χ4n) is 1.54. The highest BCUT2D eigenvalue weighted by molar-refractivity contribution is 5.31. The van der Waals surface area contributed by atoms with Gasteiger partial charge in [0.25, 0.3) is 0 Å². The Hall–Kier alpha value is -1.26. The standard InChI is InChI=1S/C15H25NO3/c1-3-11-18-14-5-7-15(8-6-14)19-12-4-9-16-10-13-17-2/h5-8,16H,3-4,9-13H2,1-2H3. The van der Waals surface area contributed by atoms with Gasteiger partial charge in [0, 0.05) is 13.7 Å². The number of hydrogen-bond acceptors (Lipinski definition) is 4. The van der Waals surface area contributed by atoms with Gasteiger partial charge in [-0.3, -0.25) is 0 Å². The van der Waals surface area contributed by atoms with Crippen molar-refractivity contribution in [3.63, 3.8) is 0 Å². The number of methoxy groups -OCH3 is 1. The quantitative estimate of drug-likeness (QED) is 0.625. The van der Waals surface area contributed by atoms with Crippen LogP contribution in [0.25, 0.3) is 0 Å². The van der Waals surface area contributed by atoms with Crippen LogP contribution in [0.4, 0.5) is 0 Å². The number of ether oxygens (including phenoxy) is 3. The van der Waals surface area contributed by atoms with Gasteiger partial charge in [-0.25, -0.2) is 0 Å². The predicted octanol–water partition coefficient (Wildman–Crippen LogP) is 2.48. The van der Waals surface area contributed by atoms with Crippen molar-refractivity contribution in [3.8, 4) is 11.5 Å². The van der Waals surface area contributed by atoms with Gasteiger partial charge in [-0.1, -0.05) is 6.92 Å². The Kier molecular flexibility index (Phi) is 8.85. The fraction of sp³-hybridized carbons (Fsp3) is 0.600. The molecule has 0 aromatic heterocycles. The normalized spacial score (nSPS) is 10.4. The molecule has 1 aromatic rings. The van der Waals surface area contributed by atoms with Gasteiger partial charge >= 0.3 is 0 Å². The molecule has 0 radical (unpaired) electrons. The predicted molar refractivity (Wildman–Crippen MR) is 77.1 cm³/mol. The molecule has 0 saturated carbocycles. The van der Waals surface area contributed by atoms with Crippen LogP contribution in [0.15, 0.2) is 24.3 Å². The van der Waals surface area contributed by atoms with E-state index in [0.29, 0.717) is 0 Å². The number of benzene rings is 1. The van der Waals surface area contributed by atoms with Crippen LogP contribution >= 0.6 is 0 Å². The summed E-state index contributed by atoms with van der Waals surface area (Å²) in [5.41, 5.74) is 0. The van der Waals surface area contributed by atoms with Crippen LogP contribution in [0, 0.1) is 0 Å². The van der Waals surface area contributed by atoms with Crippen molar-refractivity contribution in [2.45, 2.75) is 19.8 Å². The van der Waals surface area contributed by atoms with Crippen molar-refractivity contribution in [1.82, 2.24) is 5.32 Å². The van der Waals surface area contributed by atoms with E-state index in [9.17, 15) is 0 Å². The molecule has 0 saturated heterocycles. The third kappa shape index (κ3) is 7.70. The molecule has 0 heterocycles. The first kappa shape index (κ1) is 15.8. The molecular weight excluding hydrogens is 242 g/mol. The molecule has 1 rings (SSSR count). The molecule has 4 nitrogen and oxygen atoms in total. The van der Waals surface area contributed by atoms with Crippen LogP contribution in [0.5, 0.6) is 11.5 Å². The van der Waals surface area contributed by atoms with Gasteiger partial charge in [-0.15, -0.1) is 0 Å². The highest BCUT2D eigenvalue weighted by Crippen LogP contribution is 2.17. The minimum atomic E-state index is 0.717. The van der Waals surface area contributed by atoms with E-state index in [1.807, 2.05) is 24.3 Å². The fourth-order valence-corrected chi connectivity index (χ4v) is 1.54. The first-order chi connectivity index (χ1) is 9.36. The van der Waals surface area contributed by atoms with E-state index in [1.165, 1.54) is 0 Å². The highest BCUT2D eigenvalue weighted by Gasteiger charge is 1.96. The zero-order valence-electron chi connectivity index (χ0n) is 12.0. The van der Waals surface area contributed by atoms with Gasteiger partial charge in [-0.05, 0) is 43.7 Å². The van der Waals surface area contributed by atoms with Crippen LogP contribution in [0.1, 0.15) is 19.8 Å². The second-order valence-electron chi connectivity index (χ2n) is 4.26. The third-order valence-electron chi connectivity index (χ3n) is 2.55. The average Bonchev–Trinajstić information content (AvgIpc) is 2.45. The van der Waals surface area contributed by atoms with Gasteiger partial charge < -0.3 is 19.5 Å². The Morgan fingerprint density at radius 1 is 0.895 bits per heavy atom. The SMILES string of the molecule is CCCOc1ccc(OCCCNCCOC)cc1. The summed E-state index contributed by atoms with van der Waals surface area (Å²) in [7, 11) is 1.71. The third-order valence-corrected chi connectivity index (χ3v) is 2.55. The summed E-state index contributed by atoms with van der Waals surface area (Å²) in [6.07, 6.45) is 2.01. The lowest BCUT2D eigenvalue weighted by Gasteiger charge is -2.08. The monoisotopic (exact) mass is 267 g/mol. The summed E-state index contributed by atoms with van der Waals surface area (Å²) >= 11 is 0. The Morgan fingerprint density at radius 2 is 1.53 bits per heavy atom. The molecule has 0 unspecified atom stereocenters. The Morgan fingerprint density at radius 3 is 2.11 bits per heavy atom. The first-order valence-corrected chi connectivity index (χ1v) is 6.92. The van der Waals surface area contributed by atoms with Crippen LogP contribution in [-0.2, 0) is 4.74 Å². The van der Waals surface area contributed by atoms with Gasteiger partial charge in [0.2, 0.25) is 0 Å². The van der Waals surface area contributed by atoms with E-state index in [-0.39, 0.29) is 0 Å². The number of rotatable bonds is 11. The second kappa shape index (κ2) is 10.6. The highest BCUT2D eigenvalue weighted by atomic mass is 16.5. The molecule has 1 N–H and O–H groups in total. The van der Waals surface area contributed by atoms with Crippen molar-refractivity contribution in [2.24, 2.45) is 0 Å². The second-order valence-corrected chi connectivity index (χ2v) is 4.26. The molecule has 0 amide bonds. The van der Waals surface area contributed by atoms with Crippen LogP contribution in [0.2, 0.25) is 0 Å². The van der Waals surface area contributed by atoms with Crippen LogP contribution in [-0.4, -0.2) is 40.0 Å². The van der Waals surface area contributed by atoms with Gasteiger partial charge in [0.15, 0.2) is 0 Å². The van der Waals surface area contributed by atoms with Crippen molar-refractivity contribution in [3.05, 3.63) is 24.3 Å². The molecule has 0 fully saturated rings. The molecule has 0 aliphatic heterocycles. The Labute approximate surface area is 116 Å². The first-order valence-electron chi connectivity index (χ1n) is 6.92. The molecule has 0 atom stereocenters. The minimum Gasteiger partial charge on any atom is -0.494 e. The topological polar surface area (TPSA) is 39.7 Å². The van der Waals surface area contributed by atoms with Gasteiger partial charge in [0.05, 0.1) is 19.8 Å². The van der Waals surface area contributed by atoms with Crippen molar-refractivity contribution in [2.75, 3.05) is 40.0 Å². The zero-order valence-corrected chi connectivity index (χ0v) is 12.0. The Balaban J connectivity index is 2.09. The molecular formula is C15H25NO3. The molecule has 0 bridgehead atoms. The van der Waals surface area contributed by atoms with E-state index < -0.39 is 0 Å². The maximum Gasteiger partial charge on any atom is 0.119 e. The van der Waals surface area contributed by atoms with E-state index in [2.05, 4.69) is 12.2 Å². The molecule has 4 heteroatoms. The van der Waals surface area contributed by atoms with E-state index in [1.54, 1.807) is 7.11 Å². The van der Waals surface area contributed by atoms with E-state index >= 15 is 0 Å². The largest absolute Gasteiger partial charge is 0.494 e. The summed E-state index contributed by atoms with van der Waals surface area (Å²) in [6, 6.07) is 7.79.